The van der Waals surface area contributed by atoms with Gasteiger partial charge in [-0.1, -0.05) is 24.3 Å². The number of carboxylic acids is 1. The summed E-state index contributed by atoms with van der Waals surface area (Å²) in [4.78, 5) is 22.2. The van der Waals surface area contributed by atoms with Crippen LogP contribution in [0.1, 0.15) is 24.8 Å². The summed E-state index contributed by atoms with van der Waals surface area (Å²) < 4.78 is 12.7. The van der Waals surface area contributed by atoms with Gasteiger partial charge in [0.15, 0.2) is 0 Å². The maximum absolute atomic E-state index is 12.7. The summed E-state index contributed by atoms with van der Waals surface area (Å²) in [7, 11) is 0. The number of hydrogen-bond donors (Lipinski definition) is 2. The third-order valence-corrected chi connectivity index (χ3v) is 3.34. The molecule has 2 N–H and O–H groups in total. The number of carbonyl (C=O) groups is 2. The summed E-state index contributed by atoms with van der Waals surface area (Å²) in [5, 5.41) is 11.5. The second-order valence-corrected chi connectivity index (χ2v) is 4.93. The summed E-state index contributed by atoms with van der Waals surface area (Å²) in [6.07, 6.45) is 4.69. The first-order chi connectivity index (χ1) is 9.54. The minimum absolute atomic E-state index is 0.0252. The van der Waals surface area contributed by atoms with Crippen LogP contribution in [0.15, 0.2) is 30.3 Å². The van der Waals surface area contributed by atoms with E-state index in [0.717, 1.165) is 5.56 Å². The van der Waals surface area contributed by atoms with Crippen molar-refractivity contribution in [1.82, 2.24) is 5.32 Å². The summed E-state index contributed by atoms with van der Waals surface area (Å²) in [6.45, 7) is 0. The van der Waals surface area contributed by atoms with Crippen LogP contribution in [0, 0.1) is 11.7 Å². The molecule has 0 heterocycles. The number of carbonyl (C=O) groups excluding carboxylic acids is 1. The second-order valence-electron chi connectivity index (χ2n) is 4.93. The quantitative estimate of drug-likeness (QED) is 0.867. The van der Waals surface area contributed by atoms with Crippen LogP contribution >= 0.6 is 0 Å². The summed E-state index contributed by atoms with van der Waals surface area (Å²) in [6, 6.07) is 5.96. The fourth-order valence-corrected chi connectivity index (χ4v) is 2.10. The number of amides is 1. The largest absolute Gasteiger partial charge is 0.481 e. The predicted molar refractivity (Wildman–Crippen MR) is 72.3 cm³/mol. The first-order valence-electron chi connectivity index (χ1n) is 6.49. The molecule has 4 nitrogen and oxygen atoms in total. The van der Waals surface area contributed by atoms with Gasteiger partial charge in [-0.2, -0.15) is 0 Å². The van der Waals surface area contributed by atoms with Crippen LogP contribution in [0.5, 0.6) is 0 Å². The molecule has 1 aromatic rings. The SMILES string of the molecule is O=C(C/C=C/c1ccc(F)cc1)NC1CC(C(=O)O)C1. The number of aliphatic carboxylic acids is 1. The van der Waals surface area contributed by atoms with E-state index in [1.807, 2.05) is 0 Å². The van der Waals surface area contributed by atoms with E-state index in [1.165, 1.54) is 12.1 Å². The van der Waals surface area contributed by atoms with Crippen molar-refractivity contribution in [2.75, 3.05) is 0 Å². The molecule has 0 aromatic heterocycles. The molecule has 0 unspecified atom stereocenters. The third-order valence-electron chi connectivity index (χ3n) is 3.34. The van der Waals surface area contributed by atoms with Crippen LogP contribution in [0.25, 0.3) is 6.08 Å². The van der Waals surface area contributed by atoms with Crippen LogP contribution in [-0.4, -0.2) is 23.0 Å². The molecule has 5 heteroatoms. The average molecular weight is 277 g/mol. The lowest BCUT2D eigenvalue weighted by atomic mass is 9.80. The van der Waals surface area contributed by atoms with E-state index in [1.54, 1.807) is 24.3 Å². The Labute approximate surface area is 116 Å². The van der Waals surface area contributed by atoms with E-state index >= 15 is 0 Å². The van der Waals surface area contributed by atoms with Gasteiger partial charge < -0.3 is 10.4 Å². The molecule has 1 aliphatic carbocycles. The predicted octanol–water partition coefficient (Wildman–Crippen LogP) is 2.21. The Bertz CT molecular complexity index is 518. The molecular formula is C15H16FNO3. The van der Waals surface area contributed by atoms with Crippen molar-refractivity contribution in [2.45, 2.75) is 25.3 Å². The summed E-state index contributed by atoms with van der Waals surface area (Å²) in [5.74, 6) is -1.54. The lowest BCUT2D eigenvalue weighted by Gasteiger charge is -2.32. The fourth-order valence-electron chi connectivity index (χ4n) is 2.10. The third kappa shape index (κ3) is 3.91. The molecule has 0 bridgehead atoms. The second kappa shape index (κ2) is 6.32. The zero-order valence-electron chi connectivity index (χ0n) is 10.9. The van der Waals surface area contributed by atoms with Crippen molar-refractivity contribution in [3.05, 3.63) is 41.7 Å². The number of hydrogen-bond acceptors (Lipinski definition) is 2. The highest BCUT2D eigenvalue weighted by atomic mass is 19.1. The van der Waals surface area contributed by atoms with Crippen LogP contribution in [0.2, 0.25) is 0 Å². The van der Waals surface area contributed by atoms with Crippen molar-refractivity contribution in [2.24, 2.45) is 5.92 Å². The highest BCUT2D eigenvalue weighted by molar-refractivity contribution is 5.79. The Morgan fingerprint density at radius 2 is 1.95 bits per heavy atom. The molecule has 0 spiro atoms. The summed E-state index contributed by atoms with van der Waals surface area (Å²) >= 11 is 0. The van der Waals surface area contributed by atoms with E-state index in [4.69, 9.17) is 5.11 Å². The Morgan fingerprint density at radius 3 is 2.55 bits per heavy atom. The maximum atomic E-state index is 12.7. The molecule has 1 amide bonds. The molecule has 106 valence electrons. The molecule has 1 fully saturated rings. The van der Waals surface area contributed by atoms with Gasteiger partial charge in [0.25, 0.3) is 0 Å². The van der Waals surface area contributed by atoms with Crippen molar-refractivity contribution in [3.63, 3.8) is 0 Å². The molecule has 2 rings (SSSR count). The minimum Gasteiger partial charge on any atom is -0.481 e. The number of rotatable bonds is 5. The van der Waals surface area contributed by atoms with Gasteiger partial charge in [-0.25, -0.2) is 4.39 Å². The minimum atomic E-state index is -0.799. The normalized spacial score (nSPS) is 21.4. The first-order valence-corrected chi connectivity index (χ1v) is 6.49. The van der Waals surface area contributed by atoms with Crippen molar-refractivity contribution >= 4 is 18.0 Å². The van der Waals surface area contributed by atoms with Crippen molar-refractivity contribution < 1.29 is 19.1 Å². The van der Waals surface area contributed by atoms with Crippen LogP contribution < -0.4 is 5.32 Å². The van der Waals surface area contributed by atoms with E-state index in [2.05, 4.69) is 5.32 Å². The van der Waals surface area contributed by atoms with Gasteiger partial charge in [0.2, 0.25) is 5.91 Å². The Hall–Kier alpha value is -2.17. The number of nitrogens with one attached hydrogen (secondary N) is 1. The maximum Gasteiger partial charge on any atom is 0.306 e. The lowest BCUT2D eigenvalue weighted by Crippen LogP contribution is -2.46. The molecule has 1 saturated carbocycles. The van der Waals surface area contributed by atoms with Gasteiger partial charge in [0.05, 0.1) is 5.92 Å². The molecule has 1 aliphatic rings. The zero-order valence-corrected chi connectivity index (χ0v) is 10.9. The van der Waals surface area contributed by atoms with E-state index in [0.29, 0.717) is 12.8 Å². The highest BCUT2D eigenvalue weighted by Crippen LogP contribution is 2.27. The monoisotopic (exact) mass is 277 g/mol. The highest BCUT2D eigenvalue weighted by Gasteiger charge is 2.34. The van der Waals surface area contributed by atoms with Gasteiger partial charge >= 0.3 is 5.97 Å². The van der Waals surface area contributed by atoms with Crippen LogP contribution in [0.3, 0.4) is 0 Å². The topological polar surface area (TPSA) is 66.4 Å². The average Bonchev–Trinajstić information content (AvgIpc) is 2.35. The zero-order chi connectivity index (χ0) is 14.5. The first kappa shape index (κ1) is 14.2. The lowest BCUT2D eigenvalue weighted by molar-refractivity contribution is -0.146. The van der Waals surface area contributed by atoms with E-state index in [-0.39, 0.29) is 30.1 Å². The Kier molecular flexibility index (Phi) is 4.50. The Balaban J connectivity index is 1.70. The molecule has 0 aliphatic heterocycles. The fraction of sp³-hybridized carbons (Fsp3) is 0.333. The number of carboxylic acid groups (broad SMARTS) is 1. The van der Waals surface area contributed by atoms with Crippen LogP contribution in [0.4, 0.5) is 4.39 Å². The smallest absolute Gasteiger partial charge is 0.306 e. The molecule has 20 heavy (non-hydrogen) atoms. The number of benzene rings is 1. The van der Waals surface area contributed by atoms with Gasteiger partial charge in [-0.05, 0) is 30.5 Å². The molecular weight excluding hydrogens is 261 g/mol. The molecule has 0 radical (unpaired) electrons. The van der Waals surface area contributed by atoms with E-state index < -0.39 is 5.97 Å². The van der Waals surface area contributed by atoms with Gasteiger partial charge in [-0.15, -0.1) is 0 Å². The van der Waals surface area contributed by atoms with E-state index in [9.17, 15) is 14.0 Å². The number of halogens is 1. The van der Waals surface area contributed by atoms with Crippen molar-refractivity contribution in [3.8, 4) is 0 Å². The standard InChI is InChI=1S/C15H16FNO3/c16-12-6-4-10(5-7-12)2-1-3-14(18)17-13-8-11(9-13)15(19)20/h1-2,4-7,11,13H,3,8-9H2,(H,17,18)(H,19,20)/b2-1+. The van der Waals surface area contributed by atoms with Gasteiger partial charge in [0.1, 0.15) is 5.82 Å². The molecule has 0 atom stereocenters. The Morgan fingerprint density at radius 1 is 1.30 bits per heavy atom. The van der Waals surface area contributed by atoms with Crippen molar-refractivity contribution in [1.29, 1.82) is 0 Å². The molecule has 0 saturated heterocycles. The molecule has 1 aromatic carbocycles. The van der Waals surface area contributed by atoms with Gasteiger partial charge in [-0.3, -0.25) is 9.59 Å². The van der Waals surface area contributed by atoms with Gasteiger partial charge in [0, 0.05) is 12.5 Å². The summed E-state index contributed by atoms with van der Waals surface area (Å²) in [5.41, 5.74) is 0.828. The van der Waals surface area contributed by atoms with Crippen LogP contribution in [-0.2, 0) is 9.59 Å².